The minimum absolute atomic E-state index is 0. The smallest absolute Gasteiger partial charge is 0.251 e. The van der Waals surface area contributed by atoms with Crippen LogP contribution in [0.5, 0.6) is 0 Å². The van der Waals surface area contributed by atoms with E-state index in [1.165, 1.54) is 12.1 Å². The van der Waals surface area contributed by atoms with Crippen LogP contribution in [0, 0.1) is 28.0 Å². The third kappa shape index (κ3) is 12.3. The first-order valence-electron chi connectivity index (χ1n) is 13.7. The molecule has 3 aromatic rings. The lowest BCUT2D eigenvalue weighted by molar-refractivity contribution is 0.0829. The molecular formula is C32H41ClF2IN3O2. The van der Waals surface area contributed by atoms with E-state index in [1.807, 2.05) is 43.3 Å². The highest BCUT2D eigenvalue weighted by Gasteiger charge is 2.23. The van der Waals surface area contributed by atoms with Crippen molar-refractivity contribution in [1.82, 2.24) is 15.5 Å². The number of carbonyl (C=O) groups excluding carboxylic acids is 1. The Balaban J connectivity index is 0.00000588. The van der Waals surface area contributed by atoms with Crippen LogP contribution in [0.4, 0.5) is 8.78 Å². The Hall–Kier alpha value is -2.11. The molecule has 2 atom stereocenters. The molecular weight excluding hydrogens is 659 g/mol. The van der Waals surface area contributed by atoms with Crippen molar-refractivity contribution in [3.63, 3.8) is 0 Å². The summed E-state index contributed by atoms with van der Waals surface area (Å²) in [6, 6.07) is 16.3. The second-order valence-electron chi connectivity index (χ2n) is 11.0. The van der Waals surface area contributed by atoms with Gasteiger partial charge in [-0.15, -0.1) is 12.4 Å². The zero-order valence-corrected chi connectivity index (χ0v) is 27.1. The number of rotatable bonds is 14. The normalized spacial score (nSPS) is 12.7. The summed E-state index contributed by atoms with van der Waals surface area (Å²) in [5, 5.41) is 17.3. The minimum atomic E-state index is -0.996. The topological polar surface area (TPSA) is 64.6 Å². The number of nitrogens with one attached hydrogen (secondary N) is 2. The van der Waals surface area contributed by atoms with Crippen LogP contribution in [0.2, 0.25) is 0 Å². The van der Waals surface area contributed by atoms with Gasteiger partial charge in [-0.25, -0.2) is 8.78 Å². The van der Waals surface area contributed by atoms with Gasteiger partial charge in [0.15, 0.2) is 0 Å². The quantitative estimate of drug-likeness (QED) is 0.174. The van der Waals surface area contributed by atoms with Crippen LogP contribution in [0.15, 0.2) is 60.7 Å². The molecule has 0 heterocycles. The Kier molecular flexibility index (Phi) is 14.6. The van der Waals surface area contributed by atoms with Crippen LogP contribution in [0.25, 0.3) is 0 Å². The van der Waals surface area contributed by atoms with Gasteiger partial charge in [-0.1, -0.05) is 37.6 Å². The molecule has 0 aromatic heterocycles. The lowest BCUT2D eigenvalue weighted by atomic mass is 9.99. The number of aliphatic hydroxyl groups excluding tert-OH is 1. The number of carbonyl (C=O) groups is 1. The van der Waals surface area contributed by atoms with Gasteiger partial charge in [0.05, 0.1) is 12.1 Å². The van der Waals surface area contributed by atoms with Gasteiger partial charge in [-0.3, -0.25) is 4.79 Å². The van der Waals surface area contributed by atoms with E-state index in [9.17, 15) is 18.7 Å². The molecule has 0 fully saturated rings. The lowest BCUT2D eigenvalue weighted by Crippen LogP contribution is -2.48. The van der Waals surface area contributed by atoms with E-state index < -0.39 is 23.8 Å². The molecule has 0 radical (unpaired) electrons. The second-order valence-corrected chi connectivity index (χ2v) is 12.3. The van der Waals surface area contributed by atoms with E-state index in [0.717, 1.165) is 39.3 Å². The third-order valence-corrected chi connectivity index (χ3v) is 7.34. The summed E-state index contributed by atoms with van der Waals surface area (Å²) in [6.45, 7) is 8.74. The maximum Gasteiger partial charge on any atom is 0.251 e. The summed E-state index contributed by atoms with van der Waals surface area (Å²) in [7, 11) is 2.07. The van der Waals surface area contributed by atoms with Gasteiger partial charge in [0.25, 0.3) is 5.91 Å². The average molecular weight is 700 g/mol. The molecule has 224 valence electrons. The van der Waals surface area contributed by atoms with E-state index in [4.69, 9.17) is 0 Å². The SMILES string of the molecule is Cc1cc(CN(C)CCC(C)C)cc(C(=O)N[C@@H](Cc2cc(F)cc(F)c2)[C@H](O)CNCc2cccc(I)c2)c1.Cl. The Morgan fingerprint density at radius 1 is 1.00 bits per heavy atom. The highest BCUT2D eigenvalue weighted by molar-refractivity contribution is 14.1. The molecule has 5 nitrogen and oxygen atoms in total. The van der Waals surface area contributed by atoms with Gasteiger partial charge < -0.3 is 20.6 Å². The van der Waals surface area contributed by atoms with E-state index >= 15 is 0 Å². The zero-order valence-electron chi connectivity index (χ0n) is 24.1. The zero-order chi connectivity index (χ0) is 29.2. The number of halogens is 4. The number of aliphatic hydroxyl groups is 1. The molecule has 0 aliphatic heterocycles. The maximum absolute atomic E-state index is 13.9. The fourth-order valence-electron chi connectivity index (χ4n) is 4.63. The molecule has 0 saturated heterocycles. The number of hydrogen-bond donors (Lipinski definition) is 3. The van der Waals surface area contributed by atoms with Crippen LogP contribution in [-0.2, 0) is 19.5 Å². The van der Waals surface area contributed by atoms with Gasteiger partial charge in [0.1, 0.15) is 11.6 Å². The lowest BCUT2D eigenvalue weighted by Gasteiger charge is -2.25. The molecule has 41 heavy (non-hydrogen) atoms. The molecule has 0 aliphatic carbocycles. The molecule has 0 unspecified atom stereocenters. The van der Waals surface area contributed by atoms with E-state index in [2.05, 4.69) is 65.1 Å². The van der Waals surface area contributed by atoms with Crippen molar-refractivity contribution in [2.24, 2.45) is 5.92 Å². The first kappa shape index (κ1) is 35.1. The first-order valence-corrected chi connectivity index (χ1v) is 14.7. The highest BCUT2D eigenvalue weighted by Crippen LogP contribution is 2.16. The number of hydrogen-bond acceptors (Lipinski definition) is 4. The van der Waals surface area contributed by atoms with Gasteiger partial charge in [-0.2, -0.15) is 0 Å². The maximum atomic E-state index is 13.9. The summed E-state index contributed by atoms with van der Waals surface area (Å²) < 4.78 is 28.9. The summed E-state index contributed by atoms with van der Waals surface area (Å²) in [6.07, 6.45) is 0.167. The largest absolute Gasteiger partial charge is 0.390 e. The van der Waals surface area contributed by atoms with Crippen LogP contribution in [-0.4, -0.2) is 48.2 Å². The fourth-order valence-corrected chi connectivity index (χ4v) is 5.23. The van der Waals surface area contributed by atoms with Crippen molar-refractivity contribution in [3.8, 4) is 0 Å². The van der Waals surface area contributed by atoms with Gasteiger partial charge in [-0.05, 0) is 115 Å². The molecule has 3 rings (SSSR count). The second kappa shape index (κ2) is 17.1. The van der Waals surface area contributed by atoms with E-state index in [1.54, 1.807) is 0 Å². The van der Waals surface area contributed by atoms with Gasteiger partial charge in [0, 0.05) is 34.8 Å². The molecule has 3 N–H and O–H groups in total. The number of benzene rings is 3. The van der Waals surface area contributed by atoms with Crippen molar-refractivity contribution < 1.29 is 18.7 Å². The van der Waals surface area contributed by atoms with Crippen LogP contribution >= 0.6 is 35.0 Å². The van der Waals surface area contributed by atoms with Crippen LogP contribution in [0.1, 0.15) is 52.9 Å². The van der Waals surface area contributed by atoms with Crippen LogP contribution in [0.3, 0.4) is 0 Å². The minimum Gasteiger partial charge on any atom is -0.390 e. The predicted molar refractivity (Wildman–Crippen MR) is 172 cm³/mol. The molecule has 1 amide bonds. The first-order chi connectivity index (χ1) is 19.0. The molecule has 0 aliphatic rings. The molecule has 0 bridgehead atoms. The van der Waals surface area contributed by atoms with Crippen molar-refractivity contribution in [2.45, 2.75) is 58.8 Å². The number of aryl methyl sites for hydroxylation is 1. The number of amides is 1. The predicted octanol–water partition coefficient (Wildman–Crippen LogP) is 6.27. The molecule has 0 saturated carbocycles. The summed E-state index contributed by atoms with van der Waals surface area (Å²) >= 11 is 2.25. The average Bonchev–Trinajstić information content (AvgIpc) is 2.86. The monoisotopic (exact) mass is 699 g/mol. The van der Waals surface area contributed by atoms with Crippen molar-refractivity contribution in [2.75, 3.05) is 20.1 Å². The Bertz CT molecular complexity index is 1260. The summed E-state index contributed by atoms with van der Waals surface area (Å²) in [5.41, 5.74) is 3.90. The van der Waals surface area contributed by atoms with Crippen LogP contribution < -0.4 is 10.6 Å². The van der Waals surface area contributed by atoms with E-state index in [0.29, 0.717) is 30.1 Å². The van der Waals surface area contributed by atoms with Crippen molar-refractivity contribution >= 4 is 40.9 Å². The Morgan fingerprint density at radius 3 is 2.37 bits per heavy atom. The van der Waals surface area contributed by atoms with Gasteiger partial charge >= 0.3 is 0 Å². The van der Waals surface area contributed by atoms with Gasteiger partial charge in [0.2, 0.25) is 0 Å². The van der Waals surface area contributed by atoms with Crippen molar-refractivity contribution in [1.29, 1.82) is 0 Å². The molecule has 3 aromatic carbocycles. The number of nitrogens with zero attached hydrogens (tertiary/aromatic N) is 1. The van der Waals surface area contributed by atoms with E-state index in [-0.39, 0.29) is 31.3 Å². The summed E-state index contributed by atoms with van der Waals surface area (Å²) in [5.74, 6) is -1.12. The Labute approximate surface area is 262 Å². The molecule has 9 heteroatoms. The summed E-state index contributed by atoms with van der Waals surface area (Å²) in [4.78, 5) is 15.7. The molecule has 0 spiro atoms. The fraction of sp³-hybridized carbons (Fsp3) is 0.406. The standard InChI is InChI=1S/C32H40F2IN3O2.ClH/c1-21(2)8-9-38(4)20-25-10-22(3)11-26(12-25)32(40)37-30(16-24-13-27(33)17-28(34)14-24)31(39)19-36-18-23-6-5-7-29(35)15-23;/h5-7,10-15,17,21,30-31,36,39H,8-9,16,18-20H2,1-4H3,(H,37,40);1H/t30-,31+;/m0./s1. The highest BCUT2D eigenvalue weighted by atomic mass is 127. The Morgan fingerprint density at radius 2 is 1.71 bits per heavy atom. The van der Waals surface area contributed by atoms with Crippen molar-refractivity contribution in [3.05, 3.63) is 104 Å². The third-order valence-electron chi connectivity index (χ3n) is 6.67.